The summed E-state index contributed by atoms with van der Waals surface area (Å²) in [5.41, 5.74) is 1.85. The van der Waals surface area contributed by atoms with Gasteiger partial charge in [0.2, 0.25) is 0 Å². The number of allylic oxidation sites excluding steroid dienone is 3. The highest BCUT2D eigenvalue weighted by molar-refractivity contribution is 7.80. The number of rotatable bonds is 6. The Labute approximate surface area is 157 Å². The van der Waals surface area contributed by atoms with Gasteiger partial charge in [0.05, 0.1) is 18.4 Å². The molecular weight excluding hydrogens is 348 g/mol. The molecule has 0 amide bonds. The van der Waals surface area contributed by atoms with Crippen LogP contribution in [0.1, 0.15) is 38.2 Å². The van der Waals surface area contributed by atoms with E-state index < -0.39 is 0 Å². The van der Waals surface area contributed by atoms with Crippen LogP contribution in [-0.2, 0) is 4.74 Å². The Morgan fingerprint density at radius 3 is 3.00 bits per heavy atom. The lowest BCUT2D eigenvalue weighted by Crippen LogP contribution is -2.23. The maximum Gasteiger partial charge on any atom is 0.283 e. The molecule has 1 N–H and O–H groups in total. The van der Waals surface area contributed by atoms with E-state index in [-0.39, 0.29) is 5.56 Å². The Bertz CT molecular complexity index is 946. The average Bonchev–Trinajstić information content (AvgIpc) is 2.66. The Morgan fingerprint density at radius 1 is 1.46 bits per heavy atom. The van der Waals surface area contributed by atoms with E-state index in [4.69, 9.17) is 4.74 Å². The Morgan fingerprint density at radius 2 is 2.31 bits per heavy atom. The number of hydrogen-bond acceptors (Lipinski definition) is 6. The second-order valence-corrected chi connectivity index (χ2v) is 6.40. The number of fused-ring (bicyclic) bond motifs is 1. The van der Waals surface area contributed by atoms with Gasteiger partial charge in [0.1, 0.15) is 16.6 Å². The minimum Gasteiger partial charge on any atom is -0.468 e. The normalized spacial score (nSPS) is 14.8. The third-order valence-corrected chi connectivity index (χ3v) is 4.60. The van der Waals surface area contributed by atoms with Crippen LogP contribution in [0, 0.1) is 0 Å². The van der Waals surface area contributed by atoms with Gasteiger partial charge in [-0.2, -0.15) is 4.52 Å². The average molecular weight is 370 g/mol. The number of thiol groups is 1. The summed E-state index contributed by atoms with van der Waals surface area (Å²) in [5.74, 6) is 1.27. The van der Waals surface area contributed by atoms with Gasteiger partial charge in [-0.05, 0) is 56.4 Å². The van der Waals surface area contributed by atoms with Crippen molar-refractivity contribution in [3.05, 3.63) is 58.8 Å². The molecule has 6 nitrogen and oxygen atoms in total. The lowest BCUT2D eigenvalue weighted by atomic mass is 9.95. The fraction of sp³-hybridized carbons (Fsp3) is 0.316. The predicted octanol–water partition coefficient (Wildman–Crippen LogP) is 3.81. The van der Waals surface area contributed by atoms with Crippen molar-refractivity contribution in [1.82, 2.24) is 14.6 Å². The van der Waals surface area contributed by atoms with E-state index in [0.717, 1.165) is 31.3 Å². The van der Waals surface area contributed by atoms with E-state index in [1.54, 1.807) is 12.1 Å². The number of nitrogens with one attached hydrogen (secondary N) is 1. The van der Waals surface area contributed by atoms with Crippen LogP contribution in [0.3, 0.4) is 0 Å². The summed E-state index contributed by atoms with van der Waals surface area (Å²) >= 11 is 4.44. The molecule has 1 aliphatic rings. The van der Waals surface area contributed by atoms with Crippen molar-refractivity contribution in [2.24, 2.45) is 0 Å². The van der Waals surface area contributed by atoms with Crippen molar-refractivity contribution in [3.63, 3.8) is 0 Å². The molecule has 0 aliphatic heterocycles. The number of ether oxygens (including phenoxy) is 1. The molecule has 26 heavy (non-hydrogen) atoms. The minimum atomic E-state index is -0.189. The van der Waals surface area contributed by atoms with Crippen molar-refractivity contribution >= 4 is 29.7 Å². The molecule has 0 aromatic carbocycles. The zero-order chi connectivity index (χ0) is 18.5. The summed E-state index contributed by atoms with van der Waals surface area (Å²) in [4.78, 5) is 17.4. The van der Waals surface area contributed by atoms with Crippen LogP contribution in [0.5, 0.6) is 0 Å². The van der Waals surface area contributed by atoms with Crippen LogP contribution in [0.4, 0.5) is 5.82 Å². The van der Waals surface area contributed by atoms with Gasteiger partial charge in [-0.3, -0.25) is 4.79 Å². The molecule has 0 unspecified atom stereocenters. The highest BCUT2D eigenvalue weighted by Gasteiger charge is 2.17. The van der Waals surface area contributed by atoms with Gasteiger partial charge in [0, 0.05) is 0 Å². The number of anilines is 1. The Balaban J connectivity index is 1.97. The second-order valence-electron chi connectivity index (χ2n) is 5.97. The topological polar surface area (TPSA) is 68.5 Å². The zero-order valence-corrected chi connectivity index (χ0v) is 15.6. The van der Waals surface area contributed by atoms with Crippen molar-refractivity contribution in [3.8, 4) is 0 Å². The van der Waals surface area contributed by atoms with Gasteiger partial charge in [0.25, 0.3) is 5.56 Å². The maximum absolute atomic E-state index is 13.0. The van der Waals surface area contributed by atoms with E-state index in [9.17, 15) is 4.79 Å². The fourth-order valence-corrected chi connectivity index (χ4v) is 3.30. The molecule has 0 bridgehead atoms. The zero-order valence-electron chi connectivity index (χ0n) is 14.7. The van der Waals surface area contributed by atoms with Crippen LogP contribution in [0.2, 0.25) is 0 Å². The highest BCUT2D eigenvalue weighted by Crippen LogP contribution is 2.27. The number of aromatic nitrogens is 3. The molecule has 0 spiro atoms. The van der Waals surface area contributed by atoms with Gasteiger partial charge in [-0.25, -0.2) is 4.98 Å². The molecule has 7 heteroatoms. The molecule has 2 aromatic heterocycles. The lowest BCUT2D eigenvalue weighted by molar-refractivity contribution is 0.349. The quantitative estimate of drug-likeness (QED) is 0.460. The van der Waals surface area contributed by atoms with Crippen molar-refractivity contribution < 1.29 is 4.74 Å². The van der Waals surface area contributed by atoms with E-state index >= 15 is 0 Å². The summed E-state index contributed by atoms with van der Waals surface area (Å²) in [6, 6.07) is 3.52. The molecule has 2 aromatic rings. The first-order valence-electron chi connectivity index (χ1n) is 8.63. The van der Waals surface area contributed by atoms with Crippen LogP contribution < -0.4 is 10.9 Å². The number of hydrogen-bond donors (Lipinski definition) is 2. The van der Waals surface area contributed by atoms with Crippen molar-refractivity contribution in [2.45, 2.75) is 37.6 Å². The van der Waals surface area contributed by atoms with Crippen molar-refractivity contribution in [1.29, 1.82) is 0 Å². The van der Waals surface area contributed by atoms with Crippen LogP contribution >= 0.6 is 12.6 Å². The van der Waals surface area contributed by atoms with E-state index in [1.807, 2.05) is 13.0 Å². The summed E-state index contributed by atoms with van der Waals surface area (Å²) < 4.78 is 6.60. The first-order valence-corrected chi connectivity index (χ1v) is 9.08. The third kappa shape index (κ3) is 3.83. The summed E-state index contributed by atoms with van der Waals surface area (Å²) in [5, 5.41) is 8.00. The smallest absolute Gasteiger partial charge is 0.283 e. The predicted molar refractivity (Wildman–Crippen MR) is 106 cm³/mol. The molecule has 3 rings (SSSR count). The van der Waals surface area contributed by atoms with Crippen LogP contribution in [0.25, 0.3) is 11.2 Å². The molecular formula is C19H22N4O2S. The largest absolute Gasteiger partial charge is 0.468 e. The first-order chi connectivity index (χ1) is 12.6. The minimum absolute atomic E-state index is 0.189. The van der Waals surface area contributed by atoms with Crippen LogP contribution in [0.15, 0.2) is 52.7 Å². The molecule has 2 heterocycles. The van der Waals surface area contributed by atoms with Gasteiger partial charge >= 0.3 is 0 Å². The maximum atomic E-state index is 13.0. The second kappa shape index (κ2) is 8.23. The van der Waals surface area contributed by atoms with E-state index in [1.165, 1.54) is 10.8 Å². The third-order valence-electron chi connectivity index (χ3n) is 4.28. The molecule has 0 radical (unpaired) electrons. The molecule has 0 saturated carbocycles. The first kappa shape index (κ1) is 18.3. The molecule has 0 fully saturated rings. The summed E-state index contributed by atoms with van der Waals surface area (Å²) in [6.07, 6.45) is 9.40. The molecule has 0 saturated heterocycles. The summed E-state index contributed by atoms with van der Waals surface area (Å²) in [6.45, 7) is 5.86. The van der Waals surface area contributed by atoms with Gasteiger partial charge in [-0.15, -0.1) is 17.7 Å². The standard InChI is InChI=1S/C19H22N4O2S/c1-3-14(25-4-2)12-20-15-10-11-16-21-18(26)17(19(24)23(16)22-15)13-8-6-5-7-9-13/h3-4,8,10-11,26H,2,5-7,9,12H2,1H3,(H,20,22)/b14-3-. The fourth-order valence-electron chi connectivity index (χ4n) is 2.95. The van der Waals surface area contributed by atoms with Crippen molar-refractivity contribution in [2.75, 3.05) is 11.9 Å². The van der Waals surface area contributed by atoms with Gasteiger partial charge < -0.3 is 10.1 Å². The lowest BCUT2D eigenvalue weighted by Gasteiger charge is -2.14. The van der Waals surface area contributed by atoms with Gasteiger partial charge in [-0.1, -0.05) is 12.7 Å². The Kier molecular flexibility index (Phi) is 5.78. The highest BCUT2D eigenvalue weighted by atomic mass is 32.1. The number of nitrogens with zero attached hydrogens (tertiary/aromatic N) is 3. The van der Waals surface area contributed by atoms with Crippen LogP contribution in [-0.4, -0.2) is 21.1 Å². The molecule has 0 atom stereocenters. The monoisotopic (exact) mass is 370 g/mol. The van der Waals surface area contributed by atoms with E-state index in [2.05, 4.69) is 40.7 Å². The van der Waals surface area contributed by atoms with Gasteiger partial charge in [0.15, 0.2) is 5.65 Å². The molecule has 1 aliphatic carbocycles. The molecule has 136 valence electrons. The summed E-state index contributed by atoms with van der Waals surface area (Å²) in [7, 11) is 0. The Hall–Kier alpha value is -2.54. The van der Waals surface area contributed by atoms with E-state index in [0.29, 0.717) is 34.4 Å². The SMILES string of the molecule is C=CO/C(=C\C)CNc1ccc2nc(S)c(C3=CCCCC3)c(=O)n2n1.